The molecule has 0 saturated carbocycles. The summed E-state index contributed by atoms with van der Waals surface area (Å²) >= 11 is 6.45. The van der Waals surface area contributed by atoms with Gasteiger partial charge in [0, 0.05) is 0 Å². The lowest BCUT2D eigenvalue weighted by atomic mass is 10.2. The van der Waals surface area contributed by atoms with Crippen LogP contribution in [-0.2, 0) is 9.84 Å². The number of hydrogen-bond donors (Lipinski definition) is 0. The van der Waals surface area contributed by atoms with Gasteiger partial charge in [-0.15, -0.1) is 0 Å². The van der Waals surface area contributed by atoms with E-state index in [-0.39, 0.29) is 17.5 Å². The summed E-state index contributed by atoms with van der Waals surface area (Å²) in [4.78, 5) is 4.29. The van der Waals surface area contributed by atoms with Crippen LogP contribution in [0, 0.1) is 6.92 Å². The standard InChI is InChI=1S/C16H16ClN5O2S/c1-11-13(8-19-21-10-18-14-4-2-3-5-15(14)21)16(17)22(20-11)12-6-7-25(23,24)9-12/h2-5,8,10,12H,6-7,9H2,1H3/b19-8-/t12-/m0/s1. The summed E-state index contributed by atoms with van der Waals surface area (Å²) in [6.45, 7) is 1.83. The number of aromatic nitrogens is 4. The highest BCUT2D eigenvalue weighted by Gasteiger charge is 2.31. The summed E-state index contributed by atoms with van der Waals surface area (Å²) in [5, 5.41) is 9.26. The van der Waals surface area contributed by atoms with Crippen LogP contribution >= 0.6 is 11.6 Å². The maximum absolute atomic E-state index is 11.7. The maximum Gasteiger partial charge on any atom is 0.152 e. The highest BCUT2D eigenvalue weighted by atomic mass is 35.5. The molecule has 0 bridgehead atoms. The Morgan fingerprint density at radius 3 is 2.92 bits per heavy atom. The van der Waals surface area contributed by atoms with E-state index in [9.17, 15) is 8.42 Å². The molecule has 1 saturated heterocycles. The molecule has 1 aromatic carbocycles. The zero-order valence-electron chi connectivity index (χ0n) is 13.5. The molecule has 1 atom stereocenters. The van der Waals surface area contributed by atoms with Gasteiger partial charge in [-0.05, 0) is 25.5 Å². The molecule has 0 spiro atoms. The molecule has 3 aromatic rings. The predicted molar refractivity (Wildman–Crippen MR) is 97.0 cm³/mol. The zero-order chi connectivity index (χ0) is 17.6. The molecule has 0 N–H and O–H groups in total. The fourth-order valence-corrected chi connectivity index (χ4v) is 5.10. The number of fused-ring (bicyclic) bond motifs is 1. The van der Waals surface area contributed by atoms with Crippen molar-refractivity contribution in [3.8, 4) is 0 Å². The van der Waals surface area contributed by atoms with Gasteiger partial charge in [-0.25, -0.2) is 22.8 Å². The highest BCUT2D eigenvalue weighted by Crippen LogP contribution is 2.29. The number of rotatable bonds is 3. The van der Waals surface area contributed by atoms with E-state index < -0.39 is 9.84 Å². The quantitative estimate of drug-likeness (QED) is 0.656. The molecule has 1 aliphatic heterocycles. The molecular formula is C16H16ClN5O2S. The topological polar surface area (TPSA) is 82.1 Å². The summed E-state index contributed by atoms with van der Waals surface area (Å²) in [5.41, 5.74) is 3.14. The third-order valence-corrected chi connectivity index (χ3v) is 6.50. The fraction of sp³-hybridized carbons (Fsp3) is 0.312. The lowest BCUT2D eigenvalue weighted by molar-refractivity contribution is 0.497. The molecule has 4 rings (SSSR count). The van der Waals surface area contributed by atoms with Crippen LogP contribution in [0.2, 0.25) is 5.15 Å². The third kappa shape index (κ3) is 2.96. The first-order chi connectivity index (χ1) is 11.9. The molecule has 0 aliphatic carbocycles. The van der Waals surface area contributed by atoms with E-state index in [0.29, 0.717) is 22.8 Å². The second-order valence-corrected chi connectivity index (χ2v) is 8.70. The monoisotopic (exact) mass is 377 g/mol. The van der Waals surface area contributed by atoms with Crippen molar-refractivity contribution in [2.24, 2.45) is 5.10 Å². The first-order valence-electron chi connectivity index (χ1n) is 7.86. The van der Waals surface area contributed by atoms with E-state index in [2.05, 4.69) is 15.2 Å². The molecule has 0 unspecified atom stereocenters. The van der Waals surface area contributed by atoms with Crippen molar-refractivity contribution in [1.29, 1.82) is 0 Å². The average Bonchev–Trinajstić information content (AvgIpc) is 3.23. The maximum atomic E-state index is 11.7. The van der Waals surface area contributed by atoms with Gasteiger partial charge in [-0.1, -0.05) is 23.7 Å². The zero-order valence-corrected chi connectivity index (χ0v) is 15.1. The molecule has 1 fully saturated rings. The summed E-state index contributed by atoms with van der Waals surface area (Å²) in [6, 6.07) is 7.48. The first kappa shape index (κ1) is 16.3. The van der Waals surface area contributed by atoms with Crippen molar-refractivity contribution < 1.29 is 8.42 Å². The average molecular weight is 378 g/mol. The molecule has 0 radical (unpaired) electrons. The van der Waals surface area contributed by atoms with Crippen LogP contribution in [0.4, 0.5) is 0 Å². The second kappa shape index (κ2) is 5.96. The number of hydrogen-bond acceptors (Lipinski definition) is 5. The number of sulfone groups is 1. The van der Waals surface area contributed by atoms with Gasteiger partial charge in [-0.3, -0.25) is 0 Å². The molecule has 9 heteroatoms. The summed E-state index contributed by atoms with van der Waals surface area (Å²) in [6.07, 6.45) is 3.81. The van der Waals surface area contributed by atoms with Gasteiger partial charge in [-0.2, -0.15) is 10.2 Å². The van der Waals surface area contributed by atoms with Gasteiger partial charge in [0.2, 0.25) is 0 Å². The Labute approximate surface area is 149 Å². The third-order valence-electron chi connectivity index (χ3n) is 4.37. The Morgan fingerprint density at radius 2 is 2.16 bits per heavy atom. The van der Waals surface area contributed by atoms with Gasteiger partial charge in [0.15, 0.2) is 9.84 Å². The Hall–Kier alpha value is -2.19. The van der Waals surface area contributed by atoms with Gasteiger partial charge < -0.3 is 0 Å². The first-order valence-corrected chi connectivity index (χ1v) is 10.1. The normalized spacial score (nSPS) is 20.0. The molecule has 1 aliphatic rings. The predicted octanol–water partition coefficient (Wildman–Crippen LogP) is 2.44. The van der Waals surface area contributed by atoms with Gasteiger partial charge in [0.05, 0.1) is 46.1 Å². The van der Waals surface area contributed by atoms with E-state index in [1.54, 1.807) is 21.9 Å². The van der Waals surface area contributed by atoms with Crippen LogP contribution in [0.15, 0.2) is 35.7 Å². The van der Waals surface area contributed by atoms with E-state index >= 15 is 0 Å². The number of halogens is 1. The van der Waals surface area contributed by atoms with Crippen molar-refractivity contribution in [3.63, 3.8) is 0 Å². The molecule has 25 heavy (non-hydrogen) atoms. The lowest BCUT2D eigenvalue weighted by Gasteiger charge is -2.09. The number of nitrogens with zero attached hydrogens (tertiary/aromatic N) is 5. The van der Waals surface area contributed by atoms with E-state index in [1.807, 2.05) is 31.2 Å². The minimum Gasteiger partial charge on any atom is -0.249 e. The van der Waals surface area contributed by atoms with E-state index in [0.717, 1.165) is 11.0 Å². The number of aryl methyl sites for hydroxylation is 1. The Balaban J connectivity index is 1.67. The van der Waals surface area contributed by atoms with Crippen molar-refractivity contribution in [2.75, 3.05) is 11.5 Å². The van der Waals surface area contributed by atoms with Crippen LogP contribution in [0.3, 0.4) is 0 Å². The van der Waals surface area contributed by atoms with Gasteiger partial charge in [0.25, 0.3) is 0 Å². The molecular weight excluding hydrogens is 362 g/mol. The smallest absolute Gasteiger partial charge is 0.152 e. The fourth-order valence-electron chi connectivity index (χ4n) is 3.05. The van der Waals surface area contributed by atoms with E-state index in [1.165, 1.54) is 0 Å². The summed E-state index contributed by atoms with van der Waals surface area (Å²) < 4.78 is 26.7. The van der Waals surface area contributed by atoms with Gasteiger partial charge in [0.1, 0.15) is 11.5 Å². The summed E-state index contributed by atoms with van der Waals surface area (Å²) in [7, 11) is -3.00. The second-order valence-electron chi connectivity index (χ2n) is 6.11. The molecule has 0 amide bonds. The molecule has 2 aromatic heterocycles. The number of imidazole rings is 1. The largest absolute Gasteiger partial charge is 0.249 e. The van der Waals surface area contributed by atoms with Crippen LogP contribution < -0.4 is 0 Å². The summed E-state index contributed by atoms with van der Waals surface area (Å²) in [5.74, 6) is 0.258. The van der Waals surface area contributed by atoms with E-state index in [4.69, 9.17) is 11.6 Å². The van der Waals surface area contributed by atoms with Crippen LogP contribution in [-0.4, -0.2) is 45.6 Å². The van der Waals surface area contributed by atoms with Gasteiger partial charge >= 0.3 is 0 Å². The Kier molecular flexibility index (Phi) is 3.88. The van der Waals surface area contributed by atoms with Crippen LogP contribution in [0.25, 0.3) is 11.0 Å². The van der Waals surface area contributed by atoms with Crippen molar-refractivity contribution in [2.45, 2.75) is 19.4 Å². The number of benzene rings is 1. The van der Waals surface area contributed by atoms with Crippen molar-refractivity contribution >= 4 is 38.7 Å². The molecule has 130 valence electrons. The molecule has 3 heterocycles. The SMILES string of the molecule is Cc1nn([C@H]2CCS(=O)(=O)C2)c(Cl)c1/C=N\n1cnc2ccccc21. The minimum absolute atomic E-state index is 0.0799. The Bertz CT molecular complexity index is 1080. The number of para-hydroxylation sites is 2. The molecule has 7 nitrogen and oxygen atoms in total. The van der Waals surface area contributed by atoms with Crippen LogP contribution in [0.5, 0.6) is 0 Å². The van der Waals surface area contributed by atoms with Crippen molar-refractivity contribution in [1.82, 2.24) is 19.4 Å². The lowest BCUT2D eigenvalue weighted by Crippen LogP contribution is -2.12. The van der Waals surface area contributed by atoms with Crippen LogP contribution in [0.1, 0.15) is 23.7 Å². The van der Waals surface area contributed by atoms with Crippen molar-refractivity contribution in [3.05, 3.63) is 47.0 Å². The highest BCUT2D eigenvalue weighted by molar-refractivity contribution is 7.91. The Morgan fingerprint density at radius 1 is 1.36 bits per heavy atom. The minimum atomic E-state index is -3.00.